The van der Waals surface area contributed by atoms with Gasteiger partial charge in [0.05, 0.1) is 18.8 Å². The number of thiazole rings is 1. The molecular weight excluding hydrogens is 288 g/mol. The van der Waals surface area contributed by atoms with Crippen molar-refractivity contribution in [2.24, 2.45) is 0 Å². The van der Waals surface area contributed by atoms with Crippen LogP contribution >= 0.6 is 27.3 Å². The van der Waals surface area contributed by atoms with Crippen LogP contribution in [0.4, 0.5) is 0 Å². The molecule has 0 N–H and O–H groups in total. The third kappa shape index (κ3) is 3.80. The lowest BCUT2D eigenvalue weighted by molar-refractivity contribution is 0.181. The lowest BCUT2D eigenvalue weighted by Crippen LogP contribution is -2.21. The molecule has 1 aromatic heterocycles. The Morgan fingerprint density at radius 3 is 2.56 bits per heavy atom. The van der Waals surface area contributed by atoms with Crippen molar-refractivity contribution >= 4 is 27.3 Å². The summed E-state index contributed by atoms with van der Waals surface area (Å²) in [6.07, 6.45) is 0. The molecule has 0 unspecified atom stereocenters. The molecule has 0 saturated carbocycles. The van der Waals surface area contributed by atoms with Gasteiger partial charge in [-0.25, -0.2) is 4.98 Å². The monoisotopic (exact) mass is 306 g/mol. The highest BCUT2D eigenvalue weighted by Crippen LogP contribution is 2.23. The third-order valence-electron chi connectivity index (χ3n) is 2.48. The van der Waals surface area contributed by atoms with E-state index in [0.29, 0.717) is 6.61 Å². The highest BCUT2D eigenvalue weighted by atomic mass is 79.9. The summed E-state index contributed by atoms with van der Waals surface area (Å²) in [7, 11) is 1.71. The predicted molar refractivity (Wildman–Crippen MR) is 72.1 cm³/mol. The van der Waals surface area contributed by atoms with Crippen molar-refractivity contribution in [3.8, 4) is 0 Å². The summed E-state index contributed by atoms with van der Waals surface area (Å²) in [5.74, 6) is 0. The molecule has 0 aliphatic heterocycles. The van der Waals surface area contributed by atoms with Gasteiger partial charge in [0, 0.05) is 17.3 Å². The quantitative estimate of drug-likeness (QED) is 0.724. The Labute approximate surface area is 110 Å². The summed E-state index contributed by atoms with van der Waals surface area (Å²) in [5.41, 5.74) is 1.08. The van der Waals surface area contributed by atoms with Gasteiger partial charge in [0.1, 0.15) is 5.01 Å². The zero-order valence-corrected chi connectivity index (χ0v) is 12.5. The molecule has 0 radical (unpaired) electrons. The molecule has 0 aromatic carbocycles. The minimum absolute atomic E-state index is 0.607. The van der Waals surface area contributed by atoms with Gasteiger partial charge in [-0.15, -0.1) is 11.3 Å². The van der Waals surface area contributed by atoms with Crippen LogP contribution in [0, 0.1) is 0 Å². The molecule has 1 rings (SSSR count). The second-order valence-electron chi connectivity index (χ2n) is 3.51. The van der Waals surface area contributed by atoms with Gasteiger partial charge in [-0.05, 0) is 13.1 Å². The van der Waals surface area contributed by atoms with Crippen LogP contribution in [0.2, 0.25) is 0 Å². The van der Waals surface area contributed by atoms with Crippen LogP contribution in [0.5, 0.6) is 0 Å². The van der Waals surface area contributed by atoms with Crippen LogP contribution in [-0.4, -0.2) is 30.1 Å². The zero-order valence-electron chi connectivity index (χ0n) is 10.1. The summed E-state index contributed by atoms with van der Waals surface area (Å²) >= 11 is 5.27. The second kappa shape index (κ2) is 7.37. The number of hydrogen-bond acceptors (Lipinski definition) is 4. The smallest absolute Gasteiger partial charge is 0.107 e. The van der Waals surface area contributed by atoms with Gasteiger partial charge in [-0.2, -0.15) is 0 Å². The molecule has 0 bridgehead atoms. The zero-order chi connectivity index (χ0) is 12.0. The van der Waals surface area contributed by atoms with Crippen molar-refractivity contribution in [3.63, 3.8) is 0 Å². The van der Waals surface area contributed by atoms with Crippen molar-refractivity contribution in [3.05, 3.63) is 15.6 Å². The third-order valence-corrected chi connectivity index (χ3v) is 4.49. The number of ether oxygens (including phenoxy) is 1. The number of halogens is 1. The van der Waals surface area contributed by atoms with Gasteiger partial charge in [-0.1, -0.05) is 29.8 Å². The maximum atomic E-state index is 5.15. The van der Waals surface area contributed by atoms with Gasteiger partial charge in [0.15, 0.2) is 0 Å². The standard InChI is InChI=1S/C11H19BrN2OS/c1-4-14(5-2)7-11-13-9(8-15-3)10(6-12)16-11/h4-8H2,1-3H3. The topological polar surface area (TPSA) is 25.4 Å². The first-order valence-electron chi connectivity index (χ1n) is 5.49. The summed E-state index contributed by atoms with van der Waals surface area (Å²) in [5, 5.41) is 2.05. The summed E-state index contributed by atoms with van der Waals surface area (Å²) in [4.78, 5) is 8.28. The van der Waals surface area contributed by atoms with Crippen molar-refractivity contribution < 1.29 is 4.74 Å². The van der Waals surface area contributed by atoms with Crippen molar-refractivity contribution in [1.29, 1.82) is 0 Å². The van der Waals surface area contributed by atoms with Gasteiger partial charge >= 0.3 is 0 Å². The number of methoxy groups -OCH3 is 1. The minimum Gasteiger partial charge on any atom is -0.378 e. The second-order valence-corrected chi connectivity index (χ2v) is 5.23. The van der Waals surface area contributed by atoms with E-state index in [1.54, 1.807) is 18.4 Å². The van der Waals surface area contributed by atoms with Crippen molar-refractivity contribution in [1.82, 2.24) is 9.88 Å². The summed E-state index contributed by atoms with van der Waals surface area (Å²) in [6, 6.07) is 0. The first-order valence-corrected chi connectivity index (χ1v) is 7.43. The fraction of sp³-hybridized carbons (Fsp3) is 0.727. The normalized spacial score (nSPS) is 11.3. The Morgan fingerprint density at radius 2 is 2.06 bits per heavy atom. The Morgan fingerprint density at radius 1 is 1.38 bits per heavy atom. The van der Waals surface area contributed by atoms with Crippen LogP contribution < -0.4 is 0 Å². The van der Waals surface area contributed by atoms with Gasteiger partial charge in [0.2, 0.25) is 0 Å². The van der Waals surface area contributed by atoms with E-state index < -0.39 is 0 Å². The van der Waals surface area contributed by atoms with E-state index >= 15 is 0 Å². The lowest BCUT2D eigenvalue weighted by Gasteiger charge is -2.15. The van der Waals surface area contributed by atoms with Crippen LogP contribution in [0.1, 0.15) is 29.4 Å². The van der Waals surface area contributed by atoms with Gasteiger partial charge in [-0.3, -0.25) is 4.90 Å². The molecule has 0 amide bonds. The average Bonchev–Trinajstić information content (AvgIpc) is 2.68. The maximum absolute atomic E-state index is 5.15. The average molecular weight is 307 g/mol. The molecule has 0 atom stereocenters. The highest BCUT2D eigenvalue weighted by molar-refractivity contribution is 9.08. The van der Waals surface area contributed by atoms with E-state index in [2.05, 4.69) is 39.7 Å². The number of aromatic nitrogens is 1. The van der Waals surface area contributed by atoms with Gasteiger partial charge in [0.25, 0.3) is 0 Å². The van der Waals surface area contributed by atoms with Crippen LogP contribution in [0.25, 0.3) is 0 Å². The van der Waals surface area contributed by atoms with Crippen LogP contribution in [0.3, 0.4) is 0 Å². The van der Waals surface area contributed by atoms with E-state index in [1.165, 1.54) is 9.88 Å². The van der Waals surface area contributed by atoms with E-state index in [0.717, 1.165) is 30.7 Å². The van der Waals surface area contributed by atoms with Gasteiger partial charge < -0.3 is 4.74 Å². The Balaban J connectivity index is 2.73. The van der Waals surface area contributed by atoms with Crippen molar-refractivity contribution in [2.75, 3.05) is 20.2 Å². The molecule has 3 nitrogen and oxygen atoms in total. The first kappa shape index (κ1) is 14.1. The molecule has 5 heteroatoms. The molecular formula is C11H19BrN2OS. The Kier molecular flexibility index (Phi) is 6.49. The first-order chi connectivity index (χ1) is 7.74. The fourth-order valence-corrected chi connectivity index (χ4v) is 3.13. The summed E-state index contributed by atoms with van der Waals surface area (Å²) < 4.78 is 5.15. The molecule has 1 aromatic rings. The number of alkyl halides is 1. The summed E-state index contributed by atoms with van der Waals surface area (Å²) in [6.45, 7) is 8.05. The largest absolute Gasteiger partial charge is 0.378 e. The SMILES string of the molecule is CCN(CC)Cc1nc(COC)c(CBr)s1. The molecule has 0 aliphatic rings. The maximum Gasteiger partial charge on any atom is 0.107 e. The number of hydrogen-bond donors (Lipinski definition) is 0. The van der Waals surface area contributed by atoms with E-state index in [9.17, 15) is 0 Å². The van der Waals surface area contributed by atoms with Crippen LogP contribution in [-0.2, 0) is 23.2 Å². The lowest BCUT2D eigenvalue weighted by atomic mass is 10.4. The molecule has 1 heterocycles. The number of nitrogens with zero attached hydrogens (tertiary/aromatic N) is 2. The van der Waals surface area contributed by atoms with Crippen molar-refractivity contribution in [2.45, 2.75) is 32.3 Å². The molecule has 0 aliphatic carbocycles. The predicted octanol–water partition coefficient (Wildman–Crippen LogP) is 3.03. The molecule has 92 valence electrons. The molecule has 0 fully saturated rings. The Bertz CT molecular complexity index is 313. The van der Waals surface area contributed by atoms with Crippen LogP contribution in [0.15, 0.2) is 0 Å². The number of rotatable bonds is 7. The molecule has 16 heavy (non-hydrogen) atoms. The molecule has 0 saturated heterocycles. The van der Waals surface area contributed by atoms with E-state index in [4.69, 9.17) is 4.74 Å². The minimum atomic E-state index is 0.607. The highest BCUT2D eigenvalue weighted by Gasteiger charge is 2.11. The van der Waals surface area contributed by atoms with E-state index in [1.807, 2.05) is 0 Å². The molecule has 0 spiro atoms. The van der Waals surface area contributed by atoms with E-state index in [-0.39, 0.29) is 0 Å². The Hall–Kier alpha value is 0.0300. The fourth-order valence-electron chi connectivity index (χ4n) is 1.50.